The molecule has 3 N–H and O–H groups in total. The monoisotopic (exact) mass is 309 g/mol. The largest absolute Gasteiger partial charge is 0.508 e. The number of aromatic hydroxyl groups is 1. The maximum atomic E-state index is 9.83. The van der Waals surface area contributed by atoms with Crippen molar-refractivity contribution in [3.8, 4) is 5.75 Å². The second kappa shape index (κ2) is 5.62. The minimum atomic E-state index is -0.0594. The number of rotatable bonds is 3. The summed E-state index contributed by atoms with van der Waals surface area (Å²) in [6.45, 7) is 6.18. The van der Waals surface area contributed by atoms with Crippen LogP contribution in [-0.2, 0) is 0 Å². The van der Waals surface area contributed by atoms with Crippen LogP contribution in [0.3, 0.4) is 0 Å². The number of nitrogens with zero attached hydrogens (tertiary/aromatic N) is 2. The van der Waals surface area contributed by atoms with Gasteiger partial charge in [-0.3, -0.25) is 9.88 Å². The first-order chi connectivity index (χ1) is 11.2. The van der Waals surface area contributed by atoms with Crippen LogP contribution < -0.4 is 5.73 Å². The lowest BCUT2D eigenvalue weighted by molar-refractivity contribution is 0.00749. The summed E-state index contributed by atoms with van der Waals surface area (Å²) in [5.41, 5.74) is 8.65. The third kappa shape index (κ3) is 2.42. The van der Waals surface area contributed by atoms with Gasteiger partial charge in [0.05, 0.1) is 5.52 Å². The summed E-state index contributed by atoms with van der Waals surface area (Å²) in [6, 6.07) is 7.60. The standard InChI is InChI=1S/C19H23N3O/c1-2-12-11-22-8-6-13(12)9-18(22)19(20)15-5-7-21-17-4-3-14(23)10-16(15)17/h2-5,7,10,12-13,18-19,23H,1,6,8-9,11,20H2/t12?,13?,18-,19-/m1/s1. The van der Waals surface area contributed by atoms with Gasteiger partial charge in [0.25, 0.3) is 0 Å². The van der Waals surface area contributed by atoms with Crippen LogP contribution in [0.1, 0.15) is 24.4 Å². The highest BCUT2D eigenvalue weighted by atomic mass is 16.3. The highest BCUT2D eigenvalue weighted by molar-refractivity contribution is 5.83. The number of pyridine rings is 1. The van der Waals surface area contributed by atoms with Crippen LogP contribution in [0.4, 0.5) is 0 Å². The summed E-state index contributed by atoms with van der Waals surface area (Å²) >= 11 is 0. The molecule has 4 nitrogen and oxygen atoms in total. The Labute approximate surface area is 136 Å². The van der Waals surface area contributed by atoms with E-state index in [1.165, 1.54) is 6.42 Å². The molecule has 0 saturated carbocycles. The summed E-state index contributed by atoms with van der Waals surface area (Å²) in [7, 11) is 0. The summed E-state index contributed by atoms with van der Waals surface area (Å²) in [5, 5.41) is 10.8. The molecule has 3 aliphatic heterocycles. The molecule has 5 rings (SSSR count). The minimum absolute atomic E-state index is 0.0594. The second-order valence-corrected chi connectivity index (χ2v) is 6.87. The number of phenolic OH excluding ortho intramolecular Hbond substituents is 1. The van der Waals surface area contributed by atoms with E-state index in [0.29, 0.717) is 17.9 Å². The Bertz CT molecular complexity index is 744. The fourth-order valence-corrected chi connectivity index (χ4v) is 4.40. The molecule has 4 heteroatoms. The first-order valence-electron chi connectivity index (χ1n) is 8.37. The predicted octanol–water partition coefficient (Wildman–Crippen LogP) is 2.84. The highest BCUT2D eigenvalue weighted by Gasteiger charge is 2.41. The fourth-order valence-electron chi connectivity index (χ4n) is 4.40. The average Bonchev–Trinajstić information content (AvgIpc) is 2.60. The van der Waals surface area contributed by atoms with Crippen LogP contribution in [0.2, 0.25) is 0 Å². The zero-order valence-electron chi connectivity index (χ0n) is 13.2. The van der Waals surface area contributed by atoms with Crippen molar-refractivity contribution in [2.24, 2.45) is 17.6 Å². The molecule has 3 fully saturated rings. The van der Waals surface area contributed by atoms with Gasteiger partial charge in [0, 0.05) is 30.2 Å². The summed E-state index contributed by atoms with van der Waals surface area (Å²) in [5.74, 6) is 1.57. The molecule has 0 aliphatic carbocycles. The number of fused-ring (bicyclic) bond motifs is 4. The quantitative estimate of drug-likeness (QED) is 0.856. The van der Waals surface area contributed by atoms with E-state index in [0.717, 1.165) is 36.0 Å². The minimum Gasteiger partial charge on any atom is -0.508 e. The third-order valence-electron chi connectivity index (χ3n) is 5.69. The van der Waals surface area contributed by atoms with Gasteiger partial charge in [-0.25, -0.2) is 0 Å². The van der Waals surface area contributed by atoms with Crippen LogP contribution in [0.25, 0.3) is 10.9 Å². The Morgan fingerprint density at radius 1 is 1.39 bits per heavy atom. The average molecular weight is 309 g/mol. The predicted molar refractivity (Wildman–Crippen MR) is 92.1 cm³/mol. The van der Waals surface area contributed by atoms with Crippen molar-refractivity contribution >= 4 is 10.9 Å². The molecule has 5 atom stereocenters. The van der Waals surface area contributed by atoms with Crippen molar-refractivity contribution in [3.63, 3.8) is 0 Å². The first-order valence-corrected chi connectivity index (χ1v) is 8.37. The number of hydrogen-bond acceptors (Lipinski definition) is 4. The Morgan fingerprint density at radius 3 is 3.00 bits per heavy atom. The van der Waals surface area contributed by atoms with Crippen LogP contribution >= 0.6 is 0 Å². The SMILES string of the molecule is C=CC1C[N@@]2CCC1C[C@@H]2[C@H](N)c1ccnc2ccc(O)cc12. The van der Waals surface area contributed by atoms with Gasteiger partial charge in [0.1, 0.15) is 5.75 Å². The van der Waals surface area contributed by atoms with E-state index in [-0.39, 0.29) is 11.8 Å². The third-order valence-corrected chi connectivity index (χ3v) is 5.69. The number of piperidine rings is 3. The van der Waals surface area contributed by atoms with Crippen LogP contribution in [-0.4, -0.2) is 34.1 Å². The number of hydrogen-bond donors (Lipinski definition) is 2. The lowest BCUT2D eigenvalue weighted by atomic mass is 9.73. The smallest absolute Gasteiger partial charge is 0.116 e. The molecule has 1 aromatic carbocycles. The number of aromatic nitrogens is 1. The molecule has 1 aromatic heterocycles. The van der Waals surface area contributed by atoms with Crippen molar-refractivity contribution in [1.82, 2.24) is 9.88 Å². The van der Waals surface area contributed by atoms with Gasteiger partial charge >= 0.3 is 0 Å². The van der Waals surface area contributed by atoms with E-state index < -0.39 is 0 Å². The van der Waals surface area contributed by atoms with Crippen molar-refractivity contribution in [2.75, 3.05) is 13.1 Å². The Morgan fingerprint density at radius 2 is 2.26 bits per heavy atom. The molecule has 2 aromatic rings. The van der Waals surface area contributed by atoms with Crippen LogP contribution in [0.15, 0.2) is 43.1 Å². The molecule has 4 heterocycles. The van der Waals surface area contributed by atoms with Crippen molar-refractivity contribution in [3.05, 3.63) is 48.7 Å². The van der Waals surface area contributed by atoms with E-state index in [9.17, 15) is 5.11 Å². The maximum absolute atomic E-state index is 9.83. The first kappa shape index (κ1) is 14.7. The lowest BCUT2D eigenvalue weighted by Gasteiger charge is -2.51. The molecule has 3 saturated heterocycles. The molecule has 23 heavy (non-hydrogen) atoms. The Hall–Kier alpha value is -1.91. The summed E-state index contributed by atoms with van der Waals surface area (Å²) < 4.78 is 0. The molecule has 120 valence electrons. The summed E-state index contributed by atoms with van der Waals surface area (Å²) in [4.78, 5) is 6.91. The van der Waals surface area contributed by atoms with Crippen LogP contribution in [0, 0.1) is 11.8 Å². The maximum Gasteiger partial charge on any atom is 0.116 e. The lowest BCUT2D eigenvalue weighted by Crippen LogP contribution is -2.56. The van der Waals surface area contributed by atoms with Gasteiger partial charge < -0.3 is 10.8 Å². The van der Waals surface area contributed by atoms with E-state index in [2.05, 4.69) is 22.5 Å². The zero-order valence-corrected chi connectivity index (χ0v) is 13.2. The van der Waals surface area contributed by atoms with E-state index in [1.807, 2.05) is 18.3 Å². The number of benzene rings is 1. The van der Waals surface area contributed by atoms with E-state index in [1.54, 1.807) is 12.1 Å². The van der Waals surface area contributed by atoms with Crippen molar-refractivity contribution in [2.45, 2.75) is 24.9 Å². The second-order valence-electron chi connectivity index (χ2n) is 6.87. The van der Waals surface area contributed by atoms with Gasteiger partial charge in [-0.1, -0.05) is 6.08 Å². The molecule has 2 bridgehead atoms. The normalized spacial score (nSPS) is 31.2. The van der Waals surface area contributed by atoms with Crippen molar-refractivity contribution in [1.29, 1.82) is 0 Å². The van der Waals surface area contributed by atoms with Gasteiger partial charge in [0.2, 0.25) is 0 Å². The molecule has 0 radical (unpaired) electrons. The van der Waals surface area contributed by atoms with Crippen LogP contribution in [0.5, 0.6) is 5.75 Å². The highest BCUT2D eigenvalue weighted by Crippen LogP contribution is 2.41. The molecule has 0 spiro atoms. The van der Waals surface area contributed by atoms with E-state index in [4.69, 9.17) is 5.73 Å². The van der Waals surface area contributed by atoms with Gasteiger partial charge in [-0.05, 0) is 61.1 Å². The molecule has 0 amide bonds. The molecular weight excluding hydrogens is 286 g/mol. The Balaban J connectivity index is 1.69. The fraction of sp³-hybridized carbons (Fsp3) is 0.421. The Kier molecular flexibility index (Phi) is 3.58. The topological polar surface area (TPSA) is 62.4 Å². The van der Waals surface area contributed by atoms with E-state index >= 15 is 0 Å². The van der Waals surface area contributed by atoms with Crippen molar-refractivity contribution < 1.29 is 5.11 Å². The molecule has 3 aliphatic rings. The number of nitrogens with two attached hydrogens (primary N) is 1. The molecule has 2 unspecified atom stereocenters. The van der Waals surface area contributed by atoms with Gasteiger partial charge in [0.15, 0.2) is 0 Å². The molecular formula is C19H23N3O. The van der Waals surface area contributed by atoms with Gasteiger partial charge in [-0.15, -0.1) is 6.58 Å². The summed E-state index contributed by atoms with van der Waals surface area (Å²) in [6.07, 6.45) is 6.30. The van der Waals surface area contributed by atoms with Gasteiger partial charge in [-0.2, -0.15) is 0 Å². The number of phenols is 1. The zero-order chi connectivity index (χ0) is 16.0.